The van der Waals surface area contributed by atoms with Gasteiger partial charge in [0.15, 0.2) is 6.10 Å². The molecule has 0 rings (SSSR count). The zero-order chi connectivity index (χ0) is 63.3. The van der Waals surface area contributed by atoms with E-state index in [1.165, 1.54) is 167 Å². The number of aliphatic hydroxyl groups is 1. The Balaban J connectivity index is 3.50. The molecule has 0 bridgehead atoms. The van der Waals surface area contributed by atoms with Crippen LogP contribution in [0, 0.1) is 0 Å². The summed E-state index contributed by atoms with van der Waals surface area (Å²) in [6.07, 6.45) is 118. The summed E-state index contributed by atoms with van der Waals surface area (Å²) in [4.78, 5) is 24.7. The number of esters is 2. The number of ether oxygens (including phenoxy) is 2. The molecule has 1 unspecified atom stereocenters. The number of rotatable bonds is 66. The van der Waals surface area contributed by atoms with Gasteiger partial charge >= 0.3 is 11.9 Å². The SMILES string of the molecule is CC/C=C\C/C=C\C/C=C\C/C=C\C/C=C\C/C=C\C/C=C\C/C=C\CCCCCCCCCCCCC(=O)OC(CO)COC(=O)CCCCCCCCCCCCCCCCCCCCCC/C=C\C/C=C\C/C=C\C/C=C\C/C=C\C/C=C\CC. The van der Waals surface area contributed by atoms with Crippen molar-refractivity contribution < 1.29 is 24.2 Å². The van der Waals surface area contributed by atoms with Crippen molar-refractivity contribution in [3.8, 4) is 0 Å². The van der Waals surface area contributed by atoms with E-state index in [0.717, 1.165) is 128 Å². The van der Waals surface area contributed by atoms with Gasteiger partial charge in [0.05, 0.1) is 6.61 Å². The van der Waals surface area contributed by atoms with E-state index in [1.807, 2.05) is 0 Å². The molecule has 0 aromatic heterocycles. The summed E-state index contributed by atoms with van der Waals surface area (Å²) in [5.74, 6) is -0.593. The van der Waals surface area contributed by atoms with Gasteiger partial charge in [0, 0.05) is 12.8 Å². The standard InChI is InChI=1S/C83H136O5/c1-3-5-7-9-11-13-15-17-19-21-23-25-27-29-31-33-35-37-39-40-41-42-44-45-47-49-51-53-55-57-59-61-63-65-67-69-71-73-75-77-82(85)87-80-81(79-84)88-83(86)78-76-74-72-70-68-66-64-62-60-58-56-54-52-50-48-46-43-38-36-34-32-30-28-26-24-22-20-18-16-14-12-10-8-6-4-2/h5-8,11-14,17-20,23-26,29-32,35-38,46,48,52,54,81,84H,3-4,9-10,15-16,21-22,27-28,33-34,39-45,47,49-51,53,55-80H2,1-2H3/b7-5-,8-6-,13-11-,14-12-,19-17-,20-18-,25-23-,26-24-,31-29-,32-30-,37-35-,38-36-,48-46-,54-52-. The maximum absolute atomic E-state index is 12.4. The molecular formula is C83H136O5. The molecule has 498 valence electrons. The van der Waals surface area contributed by atoms with Gasteiger partial charge in [0.1, 0.15) is 6.61 Å². The summed E-state index contributed by atoms with van der Waals surface area (Å²) in [6.45, 7) is 3.92. The zero-order valence-corrected chi connectivity index (χ0v) is 57.2. The first-order chi connectivity index (χ1) is 43.6. The van der Waals surface area contributed by atoms with E-state index < -0.39 is 6.10 Å². The molecule has 0 fully saturated rings. The fourth-order valence-corrected chi connectivity index (χ4v) is 10.1. The molecule has 0 saturated carbocycles. The van der Waals surface area contributed by atoms with Gasteiger partial charge in [-0.15, -0.1) is 0 Å². The van der Waals surface area contributed by atoms with Crippen molar-refractivity contribution in [2.24, 2.45) is 0 Å². The monoisotopic (exact) mass is 1210 g/mol. The maximum Gasteiger partial charge on any atom is 0.306 e. The van der Waals surface area contributed by atoms with Gasteiger partial charge in [0.2, 0.25) is 0 Å². The molecular weight excluding hydrogens is 1080 g/mol. The van der Waals surface area contributed by atoms with Gasteiger partial charge < -0.3 is 14.6 Å². The summed E-state index contributed by atoms with van der Waals surface area (Å²) in [6, 6.07) is 0. The second kappa shape index (κ2) is 76.5. The number of hydrogen-bond donors (Lipinski definition) is 1. The molecule has 0 saturated heterocycles. The van der Waals surface area contributed by atoms with Crippen molar-refractivity contribution >= 4 is 11.9 Å². The van der Waals surface area contributed by atoms with Crippen LogP contribution in [0.3, 0.4) is 0 Å². The maximum atomic E-state index is 12.4. The summed E-state index contributed by atoms with van der Waals surface area (Å²) < 4.78 is 10.8. The van der Waals surface area contributed by atoms with Crippen LogP contribution < -0.4 is 0 Å². The van der Waals surface area contributed by atoms with Crippen LogP contribution in [0.5, 0.6) is 0 Å². The van der Waals surface area contributed by atoms with Crippen LogP contribution in [0.1, 0.15) is 322 Å². The van der Waals surface area contributed by atoms with E-state index in [9.17, 15) is 14.7 Å². The highest BCUT2D eigenvalue weighted by Gasteiger charge is 2.16. The summed E-state index contributed by atoms with van der Waals surface area (Å²) in [7, 11) is 0. The number of allylic oxidation sites excluding steroid dienone is 28. The molecule has 88 heavy (non-hydrogen) atoms. The zero-order valence-electron chi connectivity index (χ0n) is 57.2. The average molecular weight is 1210 g/mol. The van der Waals surface area contributed by atoms with Crippen molar-refractivity contribution in [2.75, 3.05) is 13.2 Å². The minimum atomic E-state index is -0.785. The van der Waals surface area contributed by atoms with E-state index in [0.29, 0.717) is 12.8 Å². The van der Waals surface area contributed by atoms with Gasteiger partial charge in [-0.25, -0.2) is 0 Å². The lowest BCUT2D eigenvalue weighted by atomic mass is 10.0. The van der Waals surface area contributed by atoms with Crippen LogP contribution in [0.15, 0.2) is 170 Å². The van der Waals surface area contributed by atoms with Crippen molar-refractivity contribution in [1.29, 1.82) is 0 Å². The number of aliphatic hydroxyl groups excluding tert-OH is 1. The fraction of sp³-hybridized carbons (Fsp3) is 0.639. The molecule has 0 aliphatic heterocycles. The Bertz CT molecular complexity index is 1910. The third-order valence-corrected chi connectivity index (χ3v) is 15.5. The Morgan fingerprint density at radius 3 is 0.682 bits per heavy atom. The molecule has 5 nitrogen and oxygen atoms in total. The smallest absolute Gasteiger partial charge is 0.306 e. The minimum Gasteiger partial charge on any atom is -0.462 e. The van der Waals surface area contributed by atoms with E-state index in [4.69, 9.17) is 9.47 Å². The Morgan fingerprint density at radius 2 is 0.455 bits per heavy atom. The van der Waals surface area contributed by atoms with E-state index in [1.54, 1.807) is 0 Å². The second-order valence-electron chi connectivity index (χ2n) is 23.9. The molecule has 0 radical (unpaired) electrons. The van der Waals surface area contributed by atoms with Gasteiger partial charge in [-0.3, -0.25) is 9.59 Å². The number of carbonyl (C=O) groups excluding carboxylic acids is 2. The predicted molar refractivity (Wildman–Crippen MR) is 389 cm³/mol. The summed E-state index contributed by atoms with van der Waals surface area (Å²) in [5.41, 5.74) is 0. The molecule has 0 aliphatic rings. The molecule has 1 N–H and O–H groups in total. The number of hydrogen-bond acceptors (Lipinski definition) is 5. The van der Waals surface area contributed by atoms with Gasteiger partial charge in [0.25, 0.3) is 0 Å². The van der Waals surface area contributed by atoms with Crippen LogP contribution in [-0.4, -0.2) is 36.4 Å². The molecule has 0 aliphatic carbocycles. The molecule has 0 amide bonds. The van der Waals surface area contributed by atoms with E-state index in [2.05, 4.69) is 184 Å². The first kappa shape index (κ1) is 83.3. The Morgan fingerprint density at radius 1 is 0.261 bits per heavy atom. The van der Waals surface area contributed by atoms with Crippen LogP contribution in [0.25, 0.3) is 0 Å². The molecule has 5 heteroatoms. The minimum absolute atomic E-state index is 0.0731. The highest BCUT2D eigenvalue weighted by atomic mass is 16.6. The van der Waals surface area contributed by atoms with Crippen molar-refractivity contribution in [3.63, 3.8) is 0 Å². The lowest BCUT2D eigenvalue weighted by Crippen LogP contribution is -2.28. The molecule has 0 spiro atoms. The van der Waals surface area contributed by atoms with Crippen molar-refractivity contribution in [1.82, 2.24) is 0 Å². The lowest BCUT2D eigenvalue weighted by molar-refractivity contribution is -0.161. The van der Waals surface area contributed by atoms with Crippen LogP contribution in [0.2, 0.25) is 0 Å². The van der Waals surface area contributed by atoms with Crippen LogP contribution in [-0.2, 0) is 19.1 Å². The Labute approximate surface area is 544 Å². The fourth-order valence-electron chi connectivity index (χ4n) is 10.1. The van der Waals surface area contributed by atoms with E-state index >= 15 is 0 Å². The number of unbranched alkanes of at least 4 members (excludes halogenated alkanes) is 30. The summed E-state index contributed by atoms with van der Waals surface area (Å²) >= 11 is 0. The first-order valence-electron chi connectivity index (χ1n) is 36.7. The highest BCUT2D eigenvalue weighted by Crippen LogP contribution is 2.17. The third-order valence-electron chi connectivity index (χ3n) is 15.5. The van der Waals surface area contributed by atoms with Crippen LogP contribution >= 0.6 is 0 Å². The lowest BCUT2D eigenvalue weighted by Gasteiger charge is -2.15. The van der Waals surface area contributed by atoms with Crippen molar-refractivity contribution in [3.05, 3.63) is 170 Å². The van der Waals surface area contributed by atoms with Gasteiger partial charge in [-0.2, -0.15) is 0 Å². The molecule has 1 atom stereocenters. The van der Waals surface area contributed by atoms with Gasteiger partial charge in [-0.1, -0.05) is 351 Å². The van der Waals surface area contributed by atoms with Crippen LogP contribution in [0.4, 0.5) is 0 Å². The largest absolute Gasteiger partial charge is 0.462 e. The molecule has 0 heterocycles. The average Bonchev–Trinajstić information content (AvgIpc) is 3.54. The van der Waals surface area contributed by atoms with Crippen molar-refractivity contribution in [2.45, 2.75) is 328 Å². The topological polar surface area (TPSA) is 72.8 Å². The quantitative estimate of drug-likeness (QED) is 0.0373. The predicted octanol–water partition coefficient (Wildman–Crippen LogP) is 26.0. The summed E-state index contributed by atoms with van der Waals surface area (Å²) in [5, 5.41) is 9.72. The second-order valence-corrected chi connectivity index (χ2v) is 23.9. The molecule has 0 aromatic rings. The normalized spacial score (nSPS) is 13.3. The van der Waals surface area contributed by atoms with Gasteiger partial charge in [-0.05, 0) is 128 Å². The Kier molecular flexibility index (Phi) is 72.4. The molecule has 0 aromatic carbocycles. The first-order valence-corrected chi connectivity index (χ1v) is 36.7. The third kappa shape index (κ3) is 73.7. The Hall–Kier alpha value is -4.74. The van der Waals surface area contributed by atoms with E-state index in [-0.39, 0.29) is 25.2 Å². The highest BCUT2D eigenvalue weighted by molar-refractivity contribution is 5.70. The number of carbonyl (C=O) groups is 2.